The van der Waals surface area contributed by atoms with E-state index in [1.807, 2.05) is 25.8 Å². The van der Waals surface area contributed by atoms with E-state index in [0.717, 1.165) is 42.1 Å². The normalized spacial score (nSPS) is 16.7. The fourth-order valence-corrected chi connectivity index (χ4v) is 2.31. The van der Waals surface area contributed by atoms with E-state index in [2.05, 4.69) is 10.2 Å². The van der Waals surface area contributed by atoms with Crippen LogP contribution in [0.5, 0.6) is 0 Å². The van der Waals surface area contributed by atoms with Crippen LogP contribution in [0.15, 0.2) is 0 Å². The van der Waals surface area contributed by atoms with Gasteiger partial charge in [-0.15, -0.1) is 5.10 Å². The van der Waals surface area contributed by atoms with Gasteiger partial charge in [-0.05, 0) is 25.8 Å². The Morgan fingerprint density at radius 3 is 2.68 bits per heavy atom. The topological polar surface area (TPSA) is 75.4 Å². The molecule has 2 N–H and O–H groups in total. The second-order valence-electron chi connectivity index (χ2n) is 5.01. The SMILES string of the molecule is Cc1nnc(N2CCCN(C)C(=O)C2)c(CN)c1C. The van der Waals surface area contributed by atoms with Crippen molar-refractivity contribution in [2.45, 2.75) is 26.8 Å². The van der Waals surface area contributed by atoms with Crippen molar-refractivity contribution < 1.29 is 4.79 Å². The van der Waals surface area contributed by atoms with E-state index >= 15 is 0 Å². The summed E-state index contributed by atoms with van der Waals surface area (Å²) in [5, 5.41) is 8.42. The molecule has 1 fully saturated rings. The van der Waals surface area contributed by atoms with Gasteiger partial charge < -0.3 is 15.5 Å². The third-order valence-electron chi connectivity index (χ3n) is 3.74. The van der Waals surface area contributed by atoms with Gasteiger partial charge >= 0.3 is 0 Å². The van der Waals surface area contributed by atoms with Crippen LogP contribution in [0.25, 0.3) is 0 Å². The molecular weight excluding hydrogens is 242 g/mol. The van der Waals surface area contributed by atoms with E-state index in [1.54, 1.807) is 4.90 Å². The maximum Gasteiger partial charge on any atom is 0.241 e. The number of likely N-dealkylation sites (N-methyl/N-ethyl adjacent to an activating group) is 1. The second-order valence-corrected chi connectivity index (χ2v) is 5.01. The van der Waals surface area contributed by atoms with Gasteiger partial charge in [0.05, 0.1) is 12.2 Å². The van der Waals surface area contributed by atoms with Crippen LogP contribution in [0.1, 0.15) is 23.2 Å². The lowest BCUT2D eigenvalue weighted by atomic mass is 10.1. The summed E-state index contributed by atoms with van der Waals surface area (Å²) in [5.41, 5.74) is 8.79. The average Bonchev–Trinajstić information content (AvgIpc) is 2.55. The number of rotatable bonds is 2. The molecule has 6 nitrogen and oxygen atoms in total. The molecular formula is C13H21N5O. The van der Waals surface area contributed by atoms with E-state index in [0.29, 0.717) is 13.1 Å². The van der Waals surface area contributed by atoms with Crippen molar-refractivity contribution >= 4 is 11.7 Å². The van der Waals surface area contributed by atoms with Gasteiger partial charge in [-0.1, -0.05) is 0 Å². The van der Waals surface area contributed by atoms with Crippen LogP contribution in [-0.2, 0) is 11.3 Å². The molecule has 1 amide bonds. The standard InChI is InChI=1S/C13H21N5O/c1-9-10(2)15-16-13(11(9)7-14)18-6-4-5-17(3)12(19)8-18/h4-8,14H2,1-3H3. The van der Waals surface area contributed by atoms with Gasteiger partial charge in [0.25, 0.3) is 0 Å². The Kier molecular flexibility index (Phi) is 3.99. The molecule has 19 heavy (non-hydrogen) atoms. The van der Waals surface area contributed by atoms with Gasteiger partial charge in [-0.3, -0.25) is 4.79 Å². The molecule has 0 saturated carbocycles. The molecule has 6 heteroatoms. The predicted octanol–water partition coefficient (Wildman–Crippen LogP) is 0.221. The zero-order valence-electron chi connectivity index (χ0n) is 11.8. The highest BCUT2D eigenvalue weighted by Gasteiger charge is 2.23. The Morgan fingerprint density at radius 1 is 1.26 bits per heavy atom. The molecule has 0 spiro atoms. The molecule has 0 aliphatic carbocycles. The number of amides is 1. The minimum atomic E-state index is 0.112. The van der Waals surface area contributed by atoms with E-state index in [4.69, 9.17) is 5.73 Å². The van der Waals surface area contributed by atoms with Gasteiger partial charge in [0.1, 0.15) is 0 Å². The quantitative estimate of drug-likeness (QED) is 0.826. The van der Waals surface area contributed by atoms with Crippen molar-refractivity contribution in [3.8, 4) is 0 Å². The van der Waals surface area contributed by atoms with Crippen LogP contribution in [-0.4, -0.2) is 47.7 Å². The highest BCUT2D eigenvalue weighted by molar-refractivity contribution is 5.81. The summed E-state index contributed by atoms with van der Waals surface area (Å²) in [7, 11) is 1.84. The zero-order valence-corrected chi connectivity index (χ0v) is 11.8. The maximum atomic E-state index is 12.0. The predicted molar refractivity (Wildman–Crippen MR) is 73.9 cm³/mol. The molecule has 1 aliphatic heterocycles. The minimum Gasteiger partial charge on any atom is -0.345 e. The van der Waals surface area contributed by atoms with E-state index in [9.17, 15) is 4.79 Å². The Labute approximate surface area is 113 Å². The van der Waals surface area contributed by atoms with Gasteiger partial charge in [-0.25, -0.2) is 0 Å². The fraction of sp³-hybridized carbons (Fsp3) is 0.615. The van der Waals surface area contributed by atoms with Gasteiger partial charge in [0.15, 0.2) is 5.82 Å². The third-order valence-corrected chi connectivity index (χ3v) is 3.74. The molecule has 0 unspecified atom stereocenters. The number of carbonyl (C=O) groups is 1. The molecule has 104 valence electrons. The maximum absolute atomic E-state index is 12.0. The fourth-order valence-electron chi connectivity index (χ4n) is 2.31. The van der Waals surface area contributed by atoms with E-state index in [1.165, 1.54) is 0 Å². The summed E-state index contributed by atoms with van der Waals surface area (Å²) < 4.78 is 0. The van der Waals surface area contributed by atoms with Crippen LogP contribution < -0.4 is 10.6 Å². The van der Waals surface area contributed by atoms with Crippen molar-refractivity contribution in [3.63, 3.8) is 0 Å². The molecule has 1 aliphatic rings. The molecule has 0 atom stereocenters. The number of aromatic nitrogens is 2. The molecule has 1 saturated heterocycles. The van der Waals surface area contributed by atoms with Crippen LogP contribution >= 0.6 is 0 Å². The smallest absolute Gasteiger partial charge is 0.241 e. The van der Waals surface area contributed by atoms with Crippen LogP contribution in [0.4, 0.5) is 5.82 Å². The van der Waals surface area contributed by atoms with Gasteiger partial charge in [0, 0.05) is 32.2 Å². The first-order valence-corrected chi connectivity index (χ1v) is 6.56. The molecule has 0 radical (unpaired) electrons. The van der Waals surface area contributed by atoms with Crippen molar-refractivity contribution in [2.75, 3.05) is 31.6 Å². The van der Waals surface area contributed by atoms with Crippen molar-refractivity contribution in [3.05, 3.63) is 16.8 Å². The van der Waals surface area contributed by atoms with Gasteiger partial charge in [-0.2, -0.15) is 5.10 Å². The summed E-state index contributed by atoms with van der Waals surface area (Å²) in [6.45, 7) is 6.28. The first-order chi connectivity index (χ1) is 9.04. The monoisotopic (exact) mass is 263 g/mol. The number of hydrogen-bond acceptors (Lipinski definition) is 5. The molecule has 2 rings (SSSR count). The van der Waals surface area contributed by atoms with Gasteiger partial charge in [0.2, 0.25) is 5.91 Å². The van der Waals surface area contributed by atoms with Crippen LogP contribution in [0, 0.1) is 13.8 Å². The van der Waals surface area contributed by atoms with Crippen LogP contribution in [0.3, 0.4) is 0 Å². The van der Waals surface area contributed by atoms with E-state index in [-0.39, 0.29) is 5.91 Å². The Morgan fingerprint density at radius 2 is 2.00 bits per heavy atom. The lowest BCUT2D eigenvalue weighted by Gasteiger charge is -2.23. The third kappa shape index (κ3) is 2.68. The van der Waals surface area contributed by atoms with Crippen molar-refractivity contribution in [1.82, 2.24) is 15.1 Å². The summed E-state index contributed by atoms with van der Waals surface area (Å²) in [4.78, 5) is 15.7. The Hall–Kier alpha value is -1.69. The largest absolute Gasteiger partial charge is 0.345 e. The highest BCUT2D eigenvalue weighted by atomic mass is 16.2. The first kappa shape index (κ1) is 13.7. The lowest BCUT2D eigenvalue weighted by molar-refractivity contribution is -0.127. The minimum absolute atomic E-state index is 0.112. The molecule has 1 aromatic rings. The molecule has 0 aromatic carbocycles. The molecule has 0 bridgehead atoms. The van der Waals surface area contributed by atoms with Crippen molar-refractivity contribution in [2.24, 2.45) is 5.73 Å². The number of carbonyl (C=O) groups excluding carboxylic acids is 1. The molecule has 1 aromatic heterocycles. The Balaban J connectivity index is 2.36. The first-order valence-electron chi connectivity index (χ1n) is 6.56. The zero-order chi connectivity index (χ0) is 14.0. The Bertz CT molecular complexity index is 488. The number of nitrogens with zero attached hydrogens (tertiary/aromatic N) is 4. The van der Waals surface area contributed by atoms with Crippen LogP contribution in [0.2, 0.25) is 0 Å². The number of nitrogens with two attached hydrogens (primary N) is 1. The summed E-state index contributed by atoms with van der Waals surface area (Å²) in [5.74, 6) is 0.870. The summed E-state index contributed by atoms with van der Waals surface area (Å²) in [6, 6.07) is 0. The lowest BCUT2D eigenvalue weighted by Crippen LogP contribution is -2.35. The summed E-state index contributed by atoms with van der Waals surface area (Å²) in [6.07, 6.45) is 0.931. The van der Waals surface area contributed by atoms with E-state index < -0.39 is 0 Å². The number of aryl methyl sites for hydroxylation is 1. The highest BCUT2D eigenvalue weighted by Crippen LogP contribution is 2.22. The number of hydrogen-bond donors (Lipinski definition) is 1. The average molecular weight is 263 g/mol. The van der Waals surface area contributed by atoms with Crippen molar-refractivity contribution in [1.29, 1.82) is 0 Å². The molecule has 2 heterocycles. The second kappa shape index (κ2) is 5.52. The summed E-state index contributed by atoms with van der Waals surface area (Å²) >= 11 is 0. The number of anilines is 1.